The highest BCUT2D eigenvalue weighted by Gasteiger charge is 2.51. The first-order chi connectivity index (χ1) is 11.1. The van der Waals surface area contributed by atoms with E-state index in [9.17, 15) is 5.11 Å². The molecule has 0 saturated heterocycles. The summed E-state index contributed by atoms with van der Waals surface area (Å²) in [5.41, 5.74) is 3.95. The molecular formula is C22H20O. The van der Waals surface area contributed by atoms with Crippen LogP contribution >= 0.6 is 0 Å². The van der Waals surface area contributed by atoms with Gasteiger partial charge in [-0.05, 0) is 27.8 Å². The van der Waals surface area contributed by atoms with Crippen molar-refractivity contribution < 1.29 is 5.11 Å². The molecule has 0 bridgehead atoms. The lowest BCUT2D eigenvalue weighted by molar-refractivity contribution is 0.00677. The second-order valence-electron chi connectivity index (χ2n) is 6.79. The van der Waals surface area contributed by atoms with E-state index in [0.29, 0.717) is 0 Å². The third-order valence-corrected chi connectivity index (χ3v) is 5.30. The number of rotatable bonds is 1. The minimum absolute atomic E-state index is 0.431. The van der Waals surface area contributed by atoms with E-state index in [1.165, 1.54) is 11.1 Å². The van der Waals surface area contributed by atoms with Crippen LogP contribution < -0.4 is 0 Å². The number of fused-ring (bicyclic) bond motifs is 3. The highest BCUT2D eigenvalue weighted by Crippen LogP contribution is 2.55. The van der Waals surface area contributed by atoms with Crippen LogP contribution in [0, 0.1) is 0 Å². The third kappa shape index (κ3) is 1.77. The van der Waals surface area contributed by atoms with Gasteiger partial charge in [0, 0.05) is 5.41 Å². The summed E-state index contributed by atoms with van der Waals surface area (Å²) < 4.78 is 0. The fraction of sp³-hybridized carbons (Fsp3) is 0.182. The van der Waals surface area contributed by atoms with Crippen molar-refractivity contribution in [1.29, 1.82) is 0 Å². The Labute approximate surface area is 137 Å². The molecule has 1 heteroatoms. The molecule has 0 fully saturated rings. The van der Waals surface area contributed by atoms with Crippen molar-refractivity contribution in [2.24, 2.45) is 0 Å². The minimum atomic E-state index is -1.06. The molecule has 1 N–H and O–H groups in total. The average molecular weight is 300 g/mol. The van der Waals surface area contributed by atoms with Crippen molar-refractivity contribution in [3.05, 3.63) is 95.6 Å². The van der Waals surface area contributed by atoms with Gasteiger partial charge in [0.2, 0.25) is 0 Å². The van der Waals surface area contributed by atoms with Gasteiger partial charge < -0.3 is 5.11 Å². The summed E-state index contributed by atoms with van der Waals surface area (Å²) in [6, 6.07) is 26.6. The molecule has 1 nitrogen and oxygen atoms in total. The fourth-order valence-electron chi connectivity index (χ4n) is 4.02. The third-order valence-electron chi connectivity index (χ3n) is 5.30. The smallest absolute Gasteiger partial charge is 0.124 e. The van der Waals surface area contributed by atoms with Gasteiger partial charge >= 0.3 is 0 Å². The molecule has 1 aliphatic carbocycles. The highest BCUT2D eigenvalue weighted by molar-refractivity contribution is 5.78. The van der Waals surface area contributed by atoms with Gasteiger partial charge in [-0.1, -0.05) is 92.7 Å². The van der Waals surface area contributed by atoms with Crippen LogP contribution in [0.25, 0.3) is 11.1 Å². The Morgan fingerprint density at radius 3 is 1.74 bits per heavy atom. The van der Waals surface area contributed by atoms with Crippen molar-refractivity contribution in [2.75, 3.05) is 0 Å². The molecule has 0 saturated carbocycles. The van der Waals surface area contributed by atoms with Crippen LogP contribution in [-0.4, -0.2) is 5.11 Å². The Bertz CT molecular complexity index is 864. The first-order valence-electron chi connectivity index (χ1n) is 8.04. The number of hydrogen-bond acceptors (Lipinski definition) is 1. The highest BCUT2D eigenvalue weighted by atomic mass is 16.3. The van der Waals surface area contributed by atoms with Crippen LogP contribution in [-0.2, 0) is 11.0 Å². The van der Waals surface area contributed by atoms with Gasteiger partial charge in [0.05, 0.1) is 0 Å². The second-order valence-corrected chi connectivity index (χ2v) is 6.79. The standard InChI is InChI=1S/C22H20O/c1-21(2)19-14-8-6-12-17(19)18-13-7-9-15-20(18)22(21,23)16-10-4-3-5-11-16/h3-15,23H,1-2H3. The summed E-state index contributed by atoms with van der Waals surface area (Å²) in [6.45, 7) is 4.27. The zero-order chi connectivity index (χ0) is 16.1. The maximum atomic E-state index is 12.0. The Morgan fingerprint density at radius 2 is 1.09 bits per heavy atom. The molecule has 0 radical (unpaired) electrons. The molecule has 0 aromatic heterocycles. The monoisotopic (exact) mass is 300 g/mol. The zero-order valence-corrected chi connectivity index (χ0v) is 13.5. The summed E-state index contributed by atoms with van der Waals surface area (Å²) in [7, 11) is 0. The predicted molar refractivity (Wildman–Crippen MR) is 94.3 cm³/mol. The van der Waals surface area contributed by atoms with Crippen molar-refractivity contribution in [1.82, 2.24) is 0 Å². The molecular weight excluding hydrogens is 280 g/mol. The lowest BCUT2D eigenvalue weighted by Gasteiger charge is -2.49. The van der Waals surface area contributed by atoms with Gasteiger partial charge in [0.25, 0.3) is 0 Å². The summed E-state index contributed by atoms with van der Waals surface area (Å²) in [4.78, 5) is 0. The van der Waals surface area contributed by atoms with Gasteiger partial charge in [-0.25, -0.2) is 0 Å². The van der Waals surface area contributed by atoms with E-state index in [4.69, 9.17) is 0 Å². The molecule has 3 aromatic rings. The Morgan fingerprint density at radius 1 is 0.609 bits per heavy atom. The van der Waals surface area contributed by atoms with E-state index in [1.807, 2.05) is 42.5 Å². The Balaban J connectivity index is 2.12. The van der Waals surface area contributed by atoms with Gasteiger partial charge in [-0.3, -0.25) is 0 Å². The van der Waals surface area contributed by atoms with Crippen molar-refractivity contribution in [3.63, 3.8) is 0 Å². The van der Waals surface area contributed by atoms with Crippen LogP contribution in [0.3, 0.4) is 0 Å². The largest absolute Gasteiger partial charge is 0.379 e. The molecule has 0 spiro atoms. The molecule has 4 rings (SSSR count). The predicted octanol–water partition coefficient (Wildman–Crippen LogP) is 4.88. The van der Waals surface area contributed by atoms with Crippen molar-refractivity contribution in [2.45, 2.75) is 24.9 Å². The van der Waals surface area contributed by atoms with Gasteiger partial charge in [0.15, 0.2) is 0 Å². The van der Waals surface area contributed by atoms with Crippen LogP contribution in [0.4, 0.5) is 0 Å². The Hall–Kier alpha value is -2.38. The Kier molecular flexibility index (Phi) is 2.97. The average Bonchev–Trinajstić information content (AvgIpc) is 2.61. The van der Waals surface area contributed by atoms with Crippen molar-refractivity contribution >= 4 is 0 Å². The fourth-order valence-corrected chi connectivity index (χ4v) is 4.02. The van der Waals surface area contributed by atoms with E-state index in [0.717, 1.165) is 16.7 Å². The first kappa shape index (κ1) is 14.2. The molecule has 1 aliphatic rings. The lowest BCUT2D eigenvalue weighted by Crippen LogP contribution is -2.48. The van der Waals surface area contributed by atoms with E-state index >= 15 is 0 Å². The van der Waals surface area contributed by atoms with Gasteiger partial charge in [0.1, 0.15) is 5.60 Å². The second kappa shape index (κ2) is 4.81. The van der Waals surface area contributed by atoms with Crippen LogP contribution in [0.2, 0.25) is 0 Å². The maximum Gasteiger partial charge on any atom is 0.124 e. The molecule has 0 amide bonds. The zero-order valence-electron chi connectivity index (χ0n) is 13.5. The van der Waals surface area contributed by atoms with Crippen LogP contribution in [0.1, 0.15) is 30.5 Å². The minimum Gasteiger partial charge on any atom is -0.379 e. The van der Waals surface area contributed by atoms with Crippen LogP contribution in [0.15, 0.2) is 78.9 Å². The van der Waals surface area contributed by atoms with Gasteiger partial charge in [-0.15, -0.1) is 0 Å². The molecule has 0 aliphatic heterocycles. The van der Waals surface area contributed by atoms with E-state index in [2.05, 4.69) is 50.2 Å². The summed E-state index contributed by atoms with van der Waals surface area (Å²) >= 11 is 0. The van der Waals surface area contributed by atoms with E-state index < -0.39 is 11.0 Å². The quantitative estimate of drug-likeness (QED) is 0.679. The lowest BCUT2D eigenvalue weighted by atomic mass is 9.58. The molecule has 0 heterocycles. The summed E-state index contributed by atoms with van der Waals surface area (Å²) in [6.07, 6.45) is 0. The first-order valence-corrected chi connectivity index (χ1v) is 8.04. The van der Waals surface area contributed by atoms with Crippen molar-refractivity contribution in [3.8, 4) is 11.1 Å². The summed E-state index contributed by atoms with van der Waals surface area (Å²) in [5, 5.41) is 12.0. The number of aliphatic hydroxyl groups is 1. The van der Waals surface area contributed by atoms with E-state index in [1.54, 1.807) is 0 Å². The van der Waals surface area contributed by atoms with E-state index in [-0.39, 0.29) is 0 Å². The maximum absolute atomic E-state index is 12.0. The molecule has 3 aromatic carbocycles. The molecule has 1 atom stereocenters. The summed E-state index contributed by atoms with van der Waals surface area (Å²) in [5.74, 6) is 0. The molecule has 114 valence electrons. The SMILES string of the molecule is CC1(C)c2ccccc2-c2ccccc2C1(O)c1ccccc1. The normalized spacial score (nSPS) is 21.3. The molecule has 23 heavy (non-hydrogen) atoms. The number of hydrogen-bond donors (Lipinski definition) is 1. The number of benzene rings is 3. The topological polar surface area (TPSA) is 20.2 Å². The van der Waals surface area contributed by atoms with Crippen LogP contribution in [0.5, 0.6) is 0 Å². The molecule has 1 unspecified atom stereocenters. The van der Waals surface area contributed by atoms with Gasteiger partial charge in [-0.2, -0.15) is 0 Å².